The third-order valence-electron chi connectivity index (χ3n) is 2.90. The summed E-state index contributed by atoms with van der Waals surface area (Å²) in [6.07, 6.45) is 6.02. The lowest BCUT2D eigenvalue weighted by Crippen LogP contribution is -2.00. The van der Waals surface area contributed by atoms with Gasteiger partial charge in [0.25, 0.3) is 0 Å². The molecule has 1 heterocycles. The maximum Gasteiger partial charge on any atom is 0.331 e. The Bertz CT molecular complexity index is 535. The summed E-state index contributed by atoms with van der Waals surface area (Å²) in [4.78, 5) is 11.2. The normalized spacial score (nSPS) is 13.6. The maximum absolute atomic E-state index is 11.2. The van der Waals surface area contributed by atoms with Gasteiger partial charge in [0.05, 0.1) is 0 Å². The molecule has 1 N–H and O–H groups in total. The van der Waals surface area contributed by atoms with Crippen LogP contribution in [0.4, 0.5) is 0 Å². The van der Waals surface area contributed by atoms with Crippen molar-refractivity contribution in [2.24, 2.45) is 0 Å². The van der Waals surface area contributed by atoms with Gasteiger partial charge in [-0.15, -0.1) is 0 Å². The number of carbonyl (C=O) groups is 1. The number of aromatic hydroxyl groups is 1. The first-order valence-corrected chi connectivity index (χ1v) is 5.90. The molecule has 0 aromatic heterocycles. The molecule has 2 rings (SSSR count). The standard InChI is InChI=1S/C15H16O3/c1-10(2)3-4-11-5-7-14(16)13-9-18-15(17)8-6-12(11)13/h3,5-8,16H,4,9H2,1-2H3. The van der Waals surface area contributed by atoms with Crippen molar-refractivity contribution in [3.05, 3.63) is 46.5 Å². The molecular formula is C15H16O3. The maximum atomic E-state index is 11.2. The number of ether oxygens (including phenoxy) is 1. The van der Waals surface area contributed by atoms with Gasteiger partial charge in [0.1, 0.15) is 12.4 Å². The summed E-state index contributed by atoms with van der Waals surface area (Å²) in [5.74, 6) is -0.205. The van der Waals surface area contributed by atoms with Crippen LogP contribution in [0.15, 0.2) is 29.9 Å². The number of rotatable bonds is 2. The van der Waals surface area contributed by atoms with Crippen LogP contribution in [0, 0.1) is 0 Å². The smallest absolute Gasteiger partial charge is 0.331 e. The predicted molar refractivity (Wildman–Crippen MR) is 70.1 cm³/mol. The van der Waals surface area contributed by atoms with E-state index in [2.05, 4.69) is 6.08 Å². The molecule has 3 nitrogen and oxygen atoms in total. The first-order chi connectivity index (χ1) is 8.58. The quantitative estimate of drug-likeness (QED) is 0.642. The van der Waals surface area contributed by atoms with Gasteiger partial charge in [-0.3, -0.25) is 0 Å². The third kappa shape index (κ3) is 2.62. The average molecular weight is 244 g/mol. The van der Waals surface area contributed by atoms with E-state index in [9.17, 15) is 9.90 Å². The Morgan fingerprint density at radius 1 is 1.39 bits per heavy atom. The molecule has 0 amide bonds. The second-order valence-corrected chi connectivity index (χ2v) is 4.56. The van der Waals surface area contributed by atoms with Crippen LogP contribution >= 0.6 is 0 Å². The Kier molecular flexibility index (Phi) is 3.51. The highest BCUT2D eigenvalue weighted by Gasteiger charge is 2.15. The zero-order chi connectivity index (χ0) is 13.1. The number of allylic oxidation sites excluding steroid dienone is 2. The number of benzene rings is 1. The van der Waals surface area contributed by atoms with Crippen LogP contribution in [-0.2, 0) is 22.6 Å². The summed E-state index contributed by atoms with van der Waals surface area (Å²) in [6, 6.07) is 3.54. The van der Waals surface area contributed by atoms with E-state index in [4.69, 9.17) is 4.74 Å². The first kappa shape index (κ1) is 12.4. The SMILES string of the molecule is CC(C)=CCc1ccc(O)c2c1C=CC(=O)OC2. The van der Waals surface area contributed by atoms with Gasteiger partial charge in [0.15, 0.2) is 0 Å². The van der Waals surface area contributed by atoms with Crippen LogP contribution in [0.3, 0.4) is 0 Å². The first-order valence-electron chi connectivity index (χ1n) is 5.90. The van der Waals surface area contributed by atoms with Gasteiger partial charge in [0.2, 0.25) is 0 Å². The number of phenolic OH excluding ortho intramolecular Hbond substituents is 1. The summed E-state index contributed by atoms with van der Waals surface area (Å²) in [5, 5.41) is 9.83. The van der Waals surface area contributed by atoms with Gasteiger partial charge in [-0.1, -0.05) is 17.7 Å². The highest BCUT2D eigenvalue weighted by Crippen LogP contribution is 2.29. The van der Waals surface area contributed by atoms with E-state index in [1.807, 2.05) is 19.9 Å². The van der Waals surface area contributed by atoms with Crippen molar-refractivity contribution in [1.29, 1.82) is 0 Å². The Hall–Kier alpha value is -2.03. The van der Waals surface area contributed by atoms with Crippen LogP contribution in [0.25, 0.3) is 6.08 Å². The van der Waals surface area contributed by atoms with E-state index in [1.54, 1.807) is 12.1 Å². The molecule has 1 aromatic carbocycles. The van der Waals surface area contributed by atoms with Gasteiger partial charge in [-0.25, -0.2) is 4.79 Å². The molecule has 94 valence electrons. The Morgan fingerprint density at radius 2 is 2.17 bits per heavy atom. The third-order valence-corrected chi connectivity index (χ3v) is 2.90. The summed E-state index contributed by atoms with van der Waals surface area (Å²) in [6.45, 7) is 4.21. The summed E-state index contributed by atoms with van der Waals surface area (Å²) >= 11 is 0. The fraction of sp³-hybridized carbons (Fsp3) is 0.267. The lowest BCUT2D eigenvalue weighted by molar-refractivity contribution is -0.138. The molecule has 3 heteroatoms. The largest absolute Gasteiger partial charge is 0.508 e. The summed E-state index contributed by atoms with van der Waals surface area (Å²) in [7, 11) is 0. The predicted octanol–water partition coefficient (Wildman–Crippen LogP) is 2.97. The average Bonchev–Trinajstić information content (AvgIpc) is 2.52. The van der Waals surface area contributed by atoms with Crippen molar-refractivity contribution in [2.45, 2.75) is 26.9 Å². The van der Waals surface area contributed by atoms with Gasteiger partial charge < -0.3 is 9.84 Å². The van der Waals surface area contributed by atoms with Crippen LogP contribution in [0.5, 0.6) is 5.75 Å². The molecule has 0 saturated heterocycles. The van der Waals surface area contributed by atoms with E-state index in [1.165, 1.54) is 11.6 Å². The number of hydrogen-bond donors (Lipinski definition) is 1. The number of esters is 1. The Labute approximate surface area is 106 Å². The van der Waals surface area contributed by atoms with Crippen molar-refractivity contribution in [1.82, 2.24) is 0 Å². The Balaban J connectivity index is 2.46. The van der Waals surface area contributed by atoms with Crippen molar-refractivity contribution in [3.63, 3.8) is 0 Å². The number of cyclic esters (lactones) is 1. The lowest BCUT2D eigenvalue weighted by Gasteiger charge is -2.11. The highest BCUT2D eigenvalue weighted by atomic mass is 16.5. The highest BCUT2D eigenvalue weighted by molar-refractivity contribution is 5.89. The molecule has 0 atom stereocenters. The number of carbonyl (C=O) groups excluding carboxylic acids is 1. The minimum absolute atomic E-state index is 0.121. The monoisotopic (exact) mass is 244 g/mol. The zero-order valence-corrected chi connectivity index (χ0v) is 10.6. The van der Waals surface area contributed by atoms with E-state index in [0.29, 0.717) is 5.56 Å². The molecule has 1 aliphatic rings. The molecule has 1 aliphatic heterocycles. The van der Waals surface area contributed by atoms with Crippen LogP contribution in [0.2, 0.25) is 0 Å². The summed E-state index contributed by atoms with van der Waals surface area (Å²) in [5.41, 5.74) is 3.88. The summed E-state index contributed by atoms with van der Waals surface area (Å²) < 4.78 is 4.99. The molecule has 0 radical (unpaired) electrons. The van der Waals surface area contributed by atoms with Gasteiger partial charge in [0, 0.05) is 11.6 Å². The zero-order valence-electron chi connectivity index (χ0n) is 10.6. The van der Waals surface area contributed by atoms with Crippen LogP contribution < -0.4 is 0 Å². The lowest BCUT2D eigenvalue weighted by atomic mass is 9.97. The molecule has 0 saturated carbocycles. The molecule has 18 heavy (non-hydrogen) atoms. The minimum Gasteiger partial charge on any atom is -0.508 e. The molecule has 0 unspecified atom stereocenters. The van der Waals surface area contributed by atoms with Gasteiger partial charge in [-0.2, -0.15) is 0 Å². The molecule has 0 spiro atoms. The van der Waals surface area contributed by atoms with Gasteiger partial charge in [-0.05, 0) is 43.5 Å². The topological polar surface area (TPSA) is 46.5 Å². The van der Waals surface area contributed by atoms with Crippen molar-refractivity contribution in [2.75, 3.05) is 0 Å². The molecule has 1 aromatic rings. The van der Waals surface area contributed by atoms with Gasteiger partial charge >= 0.3 is 5.97 Å². The molecule has 0 aliphatic carbocycles. The van der Waals surface area contributed by atoms with Crippen molar-refractivity contribution < 1.29 is 14.6 Å². The van der Waals surface area contributed by atoms with E-state index in [-0.39, 0.29) is 18.3 Å². The van der Waals surface area contributed by atoms with Crippen LogP contribution in [-0.4, -0.2) is 11.1 Å². The van der Waals surface area contributed by atoms with Crippen molar-refractivity contribution in [3.8, 4) is 5.75 Å². The van der Waals surface area contributed by atoms with Crippen LogP contribution in [0.1, 0.15) is 30.5 Å². The van der Waals surface area contributed by atoms with E-state index >= 15 is 0 Å². The fourth-order valence-electron chi connectivity index (χ4n) is 1.90. The second-order valence-electron chi connectivity index (χ2n) is 4.56. The second kappa shape index (κ2) is 5.08. The Morgan fingerprint density at radius 3 is 2.89 bits per heavy atom. The number of fused-ring (bicyclic) bond motifs is 1. The fourth-order valence-corrected chi connectivity index (χ4v) is 1.90. The van der Waals surface area contributed by atoms with E-state index < -0.39 is 0 Å². The number of phenols is 1. The number of hydrogen-bond acceptors (Lipinski definition) is 3. The van der Waals surface area contributed by atoms with E-state index in [0.717, 1.165) is 17.5 Å². The minimum atomic E-state index is -0.376. The van der Waals surface area contributed by atoms with Crippen molar-refractivity contribution >= 4 is 12.0 Å². The molecular weight excluding hydrogens is 228 g/mol. The molecule has 0 bridgehead atoms. The molecule has 0 fully saturated rings.